The van der Waals surface area contributed by atoms with E-state index in [0.29, 0.717) is 11.3 Å². The highest BCUT2D eigenvalue weighted by molar-refractivity contribution is 5.73. The smallest absolute Gasteiger partial charge is 0.163 e. The molecule has 1 aromatic heterocycles. The second-order valence-corrected chi connectivity index (χ2v) is 4.81. The van der Waals surface area contributed by atoms with Crippen molar-refractivity contribution in [2.24, 2.45) is 0 Å². The highest BCUT2D eigenvalue weighted by Gasteiger charge is 2.08. The first kappa shape index (κ1) is 14.6. The summed E-state index contributed by atoms with van der Waals surface area (Å²) in [5.74, 6) is -1.25. The lowest BCUT2D eigenvalue weighted by Crippen LogP contribution is -1.84. The lowest BCUT2D eigenvalue weighted by molar-refractivity contribution is 0.583. The van der Waals surface area contributed by atoms with E-state index in [1.54, 1.807) is 24.3 Å². The molecule has 23 heavy (non-hydrogen) atoms. The van der Waals surface area contributed by atoms with Crippen molar-refractivity contribution in [1.82, 2.24) is 15.4 Å². The van der Waals surface area contributed by atoms with Crippen molar-refractivity contribution >= 4 is 12.2 Å². The van der Waals surface area contributed by atoms with Gasteiger partial charge in [0.15, 0.2) is 5.69 Å². The van der Waals surface area contributed by atoms with Crippen LogP contribution < -0.4 is 0 Å². The average molecular weight is 308 g/mol. The molecule has 0 aliphatic carbocycles. The number of H-pyrrole nitrogens is 1. The van der Waals surface area contributed by atoms with Crippen LogP contribution in [0.2, 0.25) is 0 Å². The SMILES string of the molecule is N#Cc1[nH]nnc1-c1cccc(/C=C/c2cc(F)cc(F)c2)c1. The van der Waals surface area contributed by atoms with Gasteiger partial charge in [-0.05, 0) is 29.3 Å². The molecule has 0 unspecified atom stereocenters. The Morgan fingerprint density at radius 1 is 1.00 bits per heavy atom. The number of aromatic amines is 1. The fraction of sp³-hybridized carbons (Fsp3) is 0. The van der Waals surface area contributed by atoms with Crippen LogP contribution in [0.15, 0.2) is 42.5 Å². The van der Waals surface area contributed by atoms with Crippen molar-refractivity contribution in [3.63, 3.8) is 0 Å². The number of rotatable bonds is 3. The van der Waals surface area contributed by atoms with Crippen LogP contribution in [0, 0.1) is 23.0 Å². The minimum Gasteiger partial charge on any atom is -0.247 e. The molecule has 2 aromatic carbocycles. The maximum absolute atomic E-state index is 13.2. The molecule has 0 radical (unpaired) electrons. The molecule has 6 heteroatoms. The monoisotopic (exact) mass is 308 g/mol. The topological polar surface area (TPSA) is 65.4 Å². The molecule has 0 spiro atoms. The van der Waals surface area contributed by atoms with Gasteiger partial charge in [0, 0.05) is 11.6 Å². The molecule has 1 N–H and O–H groups in total. The number of nitrogens with zero attached hydrogens (tertiary/aromatic N) is 3. The van der Waals surface area contributed by atoms with Crippen molar-refractivity contribution < 1.29 is 8.78 Å². The second kappa shape index (κ2) is 6.20. The third-order valence-corrected chi connectivity index (χ3v) is 3.17. The Bertz CT molecular complexity index is 902. The fourth-order valence-corrected chi connectivity index (χ4v) is 2.16. The Kier molecular flexibility index (Phi) is 3.93. The highest BCUT2D eigenvalue weighted by Crippen LogP contribution is 2.21. The van der Waals surface area contributed by atoms with Gasteiger partial charge in [-0.2, -0.15) is 5.26 Å². The molecule has 1 heterocycles. The van der Waals surface area contributed by atoms with Crippen molar-refractivity contribution in [3.8, 4) is 17.3 Å². The summed E-state index contributed by atoms with van der Waals surface area (Å²) in [7, 11) is 0. The molecule has 0 bridgehead atoms. The van der Waals surface area contributed by atoms with Crippen LogP contribution in [0.25, 0.3) is 23.4 Å². The van der Waals surface area contributed by atoms with Gasteiger partial charge in [-0.1, -0.05) is 35.6 Å². The van der Waals surface area contributed by atoms with E-state index >= 15 is 0 Å². The first-order chi connectivity index (χ1) is 11.2. The van der Waals surface area contributed by atoms with Crippen LogP contribution in [0.5, 0.6) is 0 Å². The summed E-state index contributed by atoms with van der Waals surface area (Å²) in [4.78, 5) is 0. The Labute approximate surface area is 130 Å². The Morgan fingerprint density at radius 3 is 2.48 bits per heavy atom. The number of halogens is 2. The molecule has 4 nitrogen and oxygen atoms in total. The molecule has 0 saturated carbocycles. The van der Waals surface area contributed by atoms with E-state index in [9.17, 15) is 8.78 Å². The van der Waals surface area contributed by atoms with Crippen LogP contribution in [0.4, 0.5) is 8.78 Å². The molecule has 0 aliphatic rings. The summed E-state index contributed by atoms with van der Waals surface area (Å²) < 4.78 is 26.3. The van der Waals surface area contributed by atoms with Gasteiger partial charge in [0.25, 0.3) is 0 Å². The number of hydrogen-bond acceptors (Lipinski definition) is 3. The molecule has 0 saturated heterocycles. The molecule has 3 rings (SSSR count). The van der Waals surface area contributed by atoms with E-state index in [0.717, 1.165) is 17.2 Å². The standard InChI is InChI=1S/C17H10F2N4/c18-14-7-12(8-15(19)9-14)5-4-11-2-1-3-13(6-11)17-16(10-20)21-23-22-17/h1-9H,(H,21,22,23)/b5-4+. The quantitative estimate of drug-likeness (QED) is 0.749. The number of hydrogen-bond donors (Lipinski definition) is 1. The van der Waals surface area contributed by atoms with Crippen molar-refractivity contribution in [2.45, 2.75) is 0 Å². The predicted octanol–water partition coefficient (Wildman–Crippen LogP) is 3.79. The lowest BCUT2D eigenvalue weighted by Gasteiger charge is -2.00. The molecule has 0 aliphatic heterocycles. The Morgan fingerprint density at radius 2 is 1.74 bits per heavy atom. The molecule has 112 valence electrons. The summed E-state index contributed by atoms with van der Waals surface area (Å²) in [6.07, 6.45) is 3.34. The van der Waals surface area contributed by atoms with Gasteiger partial charge < -0.3 is 0 Å². The van der Waals surface area contributed by atoms with Crippen molar-refractivity contribution in [3.05, 3.63) is 70.9 Å². The van der Waals surface area contributed by atoms with Crippen LogP contribution in [0.3, 0.4) is 0 Å². The van der Waals surface area contributed by atoms with E-state index in [2.05, 4.69) is 15.4 Å². The van der Waals surface area contributed by atoms with Crippen molar-refractivity contribution in [2.75, 3.05) is 0 Å². The summed E-state index contributed by atoms with van der Waals surface area (Å²) in [6.45, 7) is 0. The molecule has 3 aromatic rings. The molecule has 0 fully saturated rings. The average Bonchev–Trinajstić information content (AvgIpc) is 3.01. The summed E-state index contributed by atoms with van der Waals surface area (Å²) in [6, 6.07) is 12.5. The maximum atomic E-state index is 13.2. The molecule has 0 atom stereocenters. The summed E-state index contributed by atoms with van der Waals surface area (Å²) in [5, 5.41) is 19.0. The lowest BCUT2D eigenvalue weighted by atomic mass is 10.1. The molecular weight excluding hydrogens is 298 g/mol. The normalized spacial score (nSPS) is 10.8. The second-order valence-electron chi connectivity index (χ2n) is 4.81. The molecule has 0 amide bonds. The fourth-order valence-electron chi connectivity index (χ4n) is 2.16. The van der Waals surface area contributed by atoms with Crippen LogP contribution >= 0.6 is 0 Å². The maximum Gasteiger partial charge on any atom is 0.163 e. The highest BCUT2D eigenvalue weighted by atomic mass is 19.1. The van der Waals surface area contributed by atoms with Gasteiger partial charge in [-0.25, -0.2) is 13.9 Å². The third-order valence-electron chi connectivity index (χ3n) is 3.17. The van der Waals surface area contributed by atoms with Gasteiger partial charge in [0.1, 0.15) is 23.4 Å². The molecular formula is C17H10F2N4. The number of aromatic nitrogens is 3. The van der Waals surface area contributed by atoms with E-state index in [1.807, 2.05) is 18.2 Å². The van der Waals surface area contributed by atoms with Crippen LogP contribution in [0.1, 0.15) is 16.8 Å². The number of nitrogens with one attached hydrogen (secondary N) is 1. The van der Waals surface area contributed by atoms with Crippen LogP contribution in [-0.4, -0.2) is 15.4 Å². The summed E-state index contributed by atoms with van der Waals surface area (Å²) >= 11 is 0. The van der Waals surface area contributed by atoms with Gasteiger partial charge in [-0.3, -0.25) is 0 Å². The minimum atomic E-state index is -0.625. The summed E-state index contributed by atoms with van der Waals surface area (Å²) in [5.41, 5.74) is 2.69. The Hall–Kier alpha value is -3.33. The zero-order chi connectivity index (χ0) is 16.2. The Balaban J connectivity index is 1.91. The van der Waals surface area contributed by atoms with Crippen LogP contribution in [-0.2, 0) is 0 Å². The van der Waals surface area contributed by atoms with E-state index in [1.165, 1.54) is 12.1 Å². The minimum absolute atomic E-state index is 0.276. The van der Waals surface area contributed by atoms with E-state index < -0.39 is 11.6 Å². The van der Waals surface area contributed by atoms with E-state index in [4.69, 9.17) is 5.26 Å². The van der Waals surface area contributed by atoms with Gasteiger partial charge in [-0.15, -0.1) is 5.10 Å². The number of benzene rings is 2. The first-order valence-corrected chi connectivity index (χ1v) is 6.71. The number of nitriles is 1. The van der Waals surface area contributed by atoms with E-state index in [-0.39, 0.29) is 5.69 Å². The first-order valence-electron chi connectivity index (χ1n) is 6.71. The van der Waals surface area contributed by atoms with Gasteiger partial charge in [0.05, 0.1) is 0 Å². The zero-order valence-electron chi connectivity index (χ0n) is 11.8. The van der Waals surface area contributed by atoms with Crippen molar-refractivity contribution in [1.29, 1.82) is 5.26 Å². The predicted molar refractivity (Wildman–Crippen MR) is 81.8 cm³/mol. The van der Waals surface area contributed by atoms with Gasteiger partial charge >= 0.3 is 0 Å². The zero-order valence-corrected chi connectivity index (χ0v) is 11.8. The largest absolute Gasteiger partial charge is 0.247 e. The van der Waals surface area contributed by atoms with Gasteiger partial charge in [0.2, 0.25) is 0 Å². The third kappa shape index (κ3) is 3.30.